The zero-order valence-corrected chi connectivity index (χ0v) is 20.8. The van der Waals surface area contributed by atoms with Crippen LogP contribution >= 0.6 is 0 Å². The average molecular weight is 422 g/mol. The van der Waals surface area contributed by atoms with Crippen molar-refractivity contribution >= 4 is 0 Å². The Morgan fingerprint density at radius 1 is 0.433 bits per heavy atom. The summed E-state index contributed by atoms with van der Waals surface area (Å²) in [6.45, 7) is 5.77. The Morgan fingerprint density at radius 3 is 1.07 bits per heavy atom. The van der Waals surface area contributed by atoms with E-state index >= 15 is 0 Å². The van der Waals surface area contributed by atoms with E-state index in [1.165, 1.54) is 116 Å². The molecule has 0 amide bonds. The summed E-state index contributed by atoms with van der Waals surface area (Å²) in [5.41, 5.74) is 0. The molecule has 0 spiro atoms. The van der Waals surface area contributed by atoms with Crippen LogP contribution in [0.4, 0.5) is 0 Å². The van der Waals surface area contributed by atoms with E-state index in [9.17, 15) is 5.21 Å². The van der Waals surface area contributed by atoms with Crippen LogP contribution < -0.4 is 5.06 Å². The average Bonchev–Trinajstić information content (AvgIpc) is 2.75. The maximum absolute atomic E-state index is 11.9. The third kappa shape index (κ3) is 25.4. The van der Waals surface area contributed by atoms with Crippen molar-refractivity contribution in [3.63, 3.8) is 0 Å². The Bertz CT molecular complexity index is 330. The van der Waals surface area contributed by atoms with Crippen LogP contribution in [0.2, 0.25) is 0 Å². The maximum atomic E-state index is 11.9. The van der Waals surface area contributed by atoms with Gasteiger partial charge in [-0.05, 0) is 37.8 Å². The molecule has 0 unspecified atom stereocenters. The Morgan fingerprint density at radius 2 is 0.733 bits per heavy atom. The summed E-state index contributed by atoms with van der Waals surface area (Å²) >= 11 is 0. The van der Waals surface area contributed by atoms with Gasteiger partial charge in [0.15, 0.2) is 0 Å². The van der Waals surface area contributed by atoms with E-state index in [4.69, 9.17) is 0 Å². The summed E-state index contributed by atoms with van der Waals surface area (Å²) in [4.78, 5) is 0. The lowest BCUT2D eigenvalue weighted by Crippen LogP contribution is -3.06. The number of allylic oxidation sites excluding steroid dienone is 2. The van der Waals surface area contributed by atoms with Gasteiger partial charge in [-0.3, -0.25) is 0 Å². The minimum Gasteiger partial charge on any atom is -0.634 e. The summed E-state index contributed by atoms with van der Waals surface area (Å²) in [5, 5.41) is 12.3. The first-order chi connectivity index (χ1) is 14.8. The van der Waals surface area contributed by atoms with Gasteiger partial charge < -0.3 is 10.3 Å². The second-order valence-electron chi connectivity index (χ2n) is 9.12. The molecule has 0 heterocycles. The van der Waals surface area contributed by atoms with Crippen molar-refractivity contribution in [3.8, 4) is 0 Å². The van der Waals surface area contributed by atoms with Crippen molar-refractivity contribution in [3.05, 3.63) is 29.5 Å². The van der Waals surface area contributed by atoms with Crippen LogP contribution in [0.25, 0.3) is 0 Å². The minimum absolute atomic E-state index is 0.349. The monoisotopic (exact) mass is 421 g/mol. The third-order valence-corrected chi connectivity index (χ3v) is 5.97. The summed E-state index contributed by atoms with van der Waals surface area (Å²) < 4.78 is 0. The van der Waals surface area contributed by atoms with Crippen molar-refractivity contribution < 1.29 is 5.06 Å². The van der Waals surface area contributed by atoms with Crippen LogP contribution in [-0.2, 0) is 0 Å². The van der Waals surface area contributed by atoms with Crippen molar-refractivity contribution in [1.82, 2.24) is 0 Å². The van der Waals surface area contributed by atoms with E-state index in [0.29, 0.717) is 18.2 Å². The lowest BCUT2D eigenvalue weighted by atomic mass is 10.1. The predicted octanol–water partition coefficient (Wildman–Crippen LogP) is 8.32. The SMILES string of the molecule is CCCCCCCCCCCC=CC[NH+]([O-])CC=CCCCCCCCCCCC. The fourth-order valence-corrected chi connectivity index (χ4v) is 3.89. The first-order valence-electron chi connectivity index (χ1n) is 13.6. The molecule has 2 nitrogen and oxygen atoms in total. The third-order valence-electron chi connectivity index (χ3n) is 5.97. The first kappa shape index (κ1) is 29.4. The molecule has 0 saturated heterocycles. The van der Waals surface area contributed by atoms with Gasteiger partial charge in [0.05, 0.1) is 13.1 Å². The molecule has 0 radical (unpaired) electrons. The number of quaternary nitrogens is 1. The molecule has 0 aliphatic heterocycles. The highest BCUT2D eigenvalue weighted by molar-refractivity contribution is 4.83. The van der Waals surface area contributed by atoms with E-state index in [0.717, 1.165) is 12.8 Å². The highest BCUT2D eigenvalue weighted by Crippen LogP contribution is 2.11. The zero-order valence-electron chi connectivity index (χ0n) is 20.8. The standard InChI is InChI=1S/C28H55NO/c1-3-5-7-9-11-13-15-17-19-21-23-25-27-29(30)28-26-24-22-20-18-16-14-12-10-8-6-4-2/h23-26,29H,3-22,27-28H2,1-2H3. The fourth-order valence-electron chi connectivity index (χ4n) is 3.89. The molecular weight excluding hydrogens is 366 g/mol. The Labute approximate surface area is 190 Å². The van der Waals surface area contributed by atoms with E-state index in [1.807, 2.05) is 0 Å². The highest BCUT2D eigenvalue weighted by atomic mass is 16.5. The second-order valence-corrected chi connectivity index (χ2v) is 9.12. The smallest absolute Gasteiger partial charge is 0.0957 e. The van der Waals surface area contributed by atoms with Crippen LogP contribution in [0.15, 0.2) is 24.3 Å². The van der Waals surface area contributed by atoms with Gasteiger partial charge >= 0.3 is 0 Å². The molecule has 0 aromatic carbocycles. The van der Waals surface area contributed by atoms with E-state index in [-0.39, 0.29) is 0 Å². The molecule has 0 bridgehead atoms. The number of hydrogen-bond acceptors (Lipinski definition) is 1. The van der Waals surface area contributed by atoms with Crippen LogP contribution in [0.1, 0.15) is 142 Å². The van der Waals surface area contributed by atoms with Crippen molar-refractivity contribution in [2.75, 3.05) is 13.1 Å². The molecule has 30 heavy (non-hydrogen) atoms. The molecule has 0 aliphatic rings. The molecular formula is C28H55NO. The van der Waals surface area contributed by atoms with Crippen LogP contribution in [0.3, 0.4) is 0 Å². The van der Waals surface area contributed by atoms with Crippen LogP contribution in [-0.4, -0.2) is 13.1 Å². The summed E-state index contributed by atoms with van der Waals surface area (Å²) in [5.74, 6) is 0. The number of rotatable bonds is 24. The molecule has 0 rings (SSSR count). The molecule has 0 atom stereocenters. The first-order valence-corrected chi connectivity index (χ1v) is 13.6. The molecule has 0 fully saturated rings. The topological polar surface area (TPSA) is 27.5 Å². The van der Waals surface area contributed by atoms with Gasteiger partial charge in [-0.1, -0.05) is 129 Å². The molecule has 0 aromatic heterocycles. The van der Waals surface area contributed by atoms with Crippen LogP contribution in [0, 0.1) is 5.21 Å². The van der Waals surface area contributed by atoms with E-state index in [2.05, 4.69) is 38.2 Å². The molecule has 0 aliphatic carbocycles. The van der Waals surface area contributed by atoms with Gasteiger partial charge in [0.25, 0.3) is 0 Å². The number of hydrogen-bond donors (Lipinski definition) is 1. The van der Waals surface area contributed by atoms with Gasteiger partial charge in [0.2, 0.25) is 0 Å². The normalized spacial score (nSPS) is 13.0. The van der Waals surface area contributed by atoms with E-state index < -0.39 is 0 Å². The zero-order chi connectivity index (χ0) is 22.0. The summed E-state index contributed by atoms with van der Waals surface area (Å²) in [6.07, 6.45) is 35.6. The lowest BCUT2D eigenvalue weighted by Gasteiger charge is -2.18. The van der Waals surface area contributed by atoms with E-state index in [1.54, 1.807) is 0 Å². The highest BCUT2D eigenvalue weighted by Gasteiger charge is 1.93. The number of hydroxylamine groups is 2. The quantitative estimate of drug-likeness (QED) is 0.0946. The molecule has 178 valence electrons. The Kier molecular flexibility index (Phi) is 25.9. The molecule has 1 N–H and O–H groups in total. The summed E-state index contributed by atoms with van der Waals surface area (Å²) in [7, 11) is 0. The van der Waals surface area contributed by atoms with Crippen molar-refractivity contribution in [2.45, 2.75) is 142 Å². The molecule has 0 saturated carbocycles. The van der Waals surface area contributed by atoms with Crippen molar-refractivity contribution in [2.24, 2.45) is 0 Å². The lowest BCUT2D eigenvalue weighted by molar-refractivity contribution is -0.834. The maximum Gasteiger partial charge on any atom is 0.0957 e. The van der Waals surface area contributed by atoms with Crippen LogP contribution in [0.5, 0.6) is 0 Å². The second kappa shape index (κ2) is 26.4. The predicted molar refractivity (Wildman–Crippen MR) is 136 cm³/mol. The summed E-state index contributed by atoms with van der Waals surface area (Å²) in [6, 6.07) is 0. The molecule has 0 aromatic rings. The van der Waals surface area contributed by atoms with Crippen molar-refractivity contribution in [1.29, 1.82) is 0 Å². The number of unbranched alkanes of at least 4 members (excludes halogenated alkanes) is 18. The van der Waals surface area contributed by atoms with Gasteiger partial charge in [0.1, 0.15) is 0 Å². The molecule has 2 heteroatoms. The largest absolute Gasteiger partial charge is 0.634 e. The number of nitrogens with one attached hydrogen (secondary N) is 1. The Hall–Kier alpha value is -0.600. The Balaban J connectivity index is 3.31. The van der Waals surface area contributed by atoms with Gasteiger partial charge in [0, 0.05) is 0 Å². The van der Waals surface area contributed by atoms with Gasteiger partial charge in [-0.25, -0.2) is 0 Å². The minimum atomic E-state index is 0.349. The van der Waals surface area contributed by atoms with Gasteiger partial charge in [-0.15, -0.1) is 0 Å². The fraction of sp³-hybridized carbons (Fsp3) is 0.857. The van der Waals surface area contributed by atoms with Gasteiger partial charge in [-0.2, -0.15) is 0 Å².